The molecule has 0 unspecified atom stereocenters. The number of amides is 1. The van der Waals surface area contributed by atoms with Crippen LogP contribution >= 0.6 is 0 Å². The number of fused-ring (bicyclic) bond motifs is 1. The smallest absolute Gasteiger partial charge is 0.261 e. The average Bonchev–Trinajstić information content (AvgIpc) is 2.60. The molecule has 0 aliphatic carbocycles. The molecule has 25 heavy (non-hydrogen) atoms. The van der Waals surface area contributed by atoms with Gasteiger partial charge in [0.2, 0.25) is 5.91 Å². The van der Waals surface area contributed by atoms with Gasteiger partial charge in [0.05, 0.1) is 4.90 Å². The Hall–Kier alpha value is -2.41. The van der Waals surface area contributed by atoms with Gasteiger partial charge in [0.15, 0.2) is 0 Å². The molecule has 0 fully saturated rings. The number of hydrogen-bond donors (Lipinski definition) is 1. The van der Waals surface area contributed by atoms with Crippen LogP contribution in [-0.4, -0.2) is 20.9 Å². The van der Waals surface area contributed by atoms with Crippen molar-refractivity contribution < 1.29 is 17.6 Å². The molecule has 0 saturated heterocycles. The molecule has 2 aromatic carbocycles. The van der Waals surface area contributed by atoms with Crippen molar-refractivity contribution in [3.05, 3.63) is 53.8 Å². The number of benzene rings is 2. The molecule has 0 atom stereocenters. The van der Waals surface area contributed by atoms with Crippen LogP contribution in [0.3, 0.4) is 0 Å². The third-order valence-corrected chi connectivity index (χ3v) is 5.57. The lowest BCUT2D eigenvalue weighted by Gasteiger charge is -2.29. The third kappa shape index (κ3) is 3.66. The van der Waals surface area contributed by atoms with E-state index in [-0.39, 0.29) is 10.8 Å². The predicted molar refractivity (Wildman–Crippen MR) is 94.6 cm³/mol. The van der Waals surface area contributed by atoms with Gasteiger partial charge in [0.1, 0.15) is 5.82 Å². The second-order valence-electron chi connectivity index (χ2n) is 5.91. The quantitative estimate of drug-likeness (QED) is 0.907. The molecule has 1 aliphatic rings. The van der Waals surface area contributed by atoms with Crippen LogP contribution in [0.15, 0.2) is 47.4 Å². The van der Waals surface area contributed by atoms with Crippen molar-refractivity contribution in [3.8, 4) is 0 Å². The van der Waals surface area contributed by atoms with Crippen molar-refractivity contribution in [2.24, 2.45) is 0 Å². The topological polar surface area (TPSA) is 66.5 Å². The van der Waals surface area contributed by atoms with Gasteiger partial charge < -0.3 is 4.90 Å². The Bertz CT molecular complexity index is 895. The summed E-state index contributed by atoms with van der Waals surface area (Å²) in [6.07, 6.45) is 2.06. The Kier molecular flexibility index (Phi) is 4.76. The lowest BCUT2D eigenvalue weighted by atomic mass is 10.0. The second kappa shape index (κ2) is 6.84. The van der Waals surface area contributed by atoms with Crippen LogP contribution < -0.4 is 9.62 Å². The summed E-state index contributed by atoms with van der Waals surface area (Å²) >= 11 is 0. The second-order valence-corrected chi connectivity index (χ2v) is 7.59. The zero-order valence-corrected chi connectivity index (χ0v) is 14.6. The molecule has 0 radical (unpaired) electrons. The van der Waals surface area contributed by atoms with Crippen LogP contribution in [0.25, 0.3) is 0 Å². The summed E-state index contributed by atoms with van der Waals surface area (Å²) in [6, 6.07) is 9.82. The molecule has 1 N–H and O–H groups in total. The fourth-order valence-corrected chi connectivity index (χ4v) is 3.99. The number of nitrogens with one attached hydrogen (secondary N) is 1. The highest BCUT2D eigenvalue weighted by atomic mass is 32.2. The van der Waals surface area contributed by atoms with E-state index in [0.29, 0.717) is 18.7 Å². The van der Waals surface area contributed by atoms with Gasteiger partial charge in [0.25, 0.3) is 10.0 Å². The van der Waals surface area contributed by atoms with Gasteiger partial charge in [-0.05, 0) is 60.9 Å². The number of aryl methyl sites for hydroxylation is 1. The summed E-state index contributed by atoms with van der Waals surface area (Å²) in [5.74, 6) is -0.436. The first kappa shape index (κ1) is 17.4. The Balaban J connectivity index is 1.87. The minimum Gasteiger partial charge on any atom is -0.312 e. The van der Waals surface area contributed by atoms with Crippen LogP contribution in [0.2, 0.25) is 0 Å². The molecule has 0 bridgehead atoms. The number of anilines is 2. The molecule has 1 aliphatic heterocycles. The fraction of sp³-hybridized carbons (Fsp3) is 0.278. The maximum atomic E-state index is 13.0. The first-order valence-corrected chi connectivity index (χ1v) is 9.60. The average molecular weight is 362 g/mol. The molecule has 132 valence electrons. The Morgan fingerprint density at radius 1 is 1.20 bits per heavy atom. The van der Waals surface area contributed by atoms with E-state index in [1.807, 2.05) is 6.92 Å². The highest BCUT2D eigenvalue weighted by molar-refractivity contribution is 7.92. The number of halogens is 1. The van der Waals surface area contributed by atoms with Crippen LogP contribution in [0, 0.1) is 5.82 Å². The molecular weight excluding hydrogens is 343 g/mol. The highest BCUT2D eigenvalue weighted by Crippen LogP contribution is 2.31. The van der Waals surface area contributed by atoms with Gasteiger partial charge >= 0.3 is 0 Å². The number of carbonyl (C=O) groups is 1. The summed E-state index contributed by atoms with van der Waals surface area (Å²) in [5.41, 5.74) is 2.20. The third-order valence-electron chi connectivity index (χ3n) is 4.18. The normalized spacial score (nSPS) is 14.1. The van der Waals surface area contributed by atoms with Gasteiger partial charge in [-0.2, -0.15) is 0 Å². The predicted octanol–water partition coefficient (Wildman–Crippen LogP) is 3.32. The molecule has 0 aromatic heterocycles. The molecule has 0 saturated carbocycles. The van der Waals surface area contributed by atoms with E-state index >= 15 is 0 Å². The lowest BCUT2D eigenvalue weighted by molar-refractivity contribution is -0.118. The Morgan fingerprint density at radius 3 is 2.60 bits per heavy atom. The first-order chi connectivity index (χ1) is 11.9. The molecule has 7 heteroatoms. The van der Waals surface area contributed by atoms with Crippen molar-refractivity contribution >= 4 is 27.3 Å². The van der Waals surface area contributed by atoms with Gasteiger partial charge in [-0.3, -0.25) is 9.52 Å². The lowest BCUT2D eigenvalue weighted by Crippen LogP contribution is -2.34. The highest BCUT2D eigenvalue weighted by Gasteiger charge is 2.22. The number of rotatable bonds is 4. The van der Waals surface area contributed by atoms with E-state index in [9.17, 15) is 17.6 Å². The molecule has 3 rings (SSSR count). The monoisotopic (exact) mass is 362 g/mol. The van der Waals surface area contributed by atoms with Crippen molar-refractivity contribution in [1.29, 1.82) is 0 Å². The summed E-state index contributed by atoms with van der Waals surface area (Å²) in [5, 5.41) is 0. The summed E-state index contributed by atoms with van der Waals surface area (Å²) < 4.78 is 40.3. The van der Waals surface area contributed by atoms with E-state index in [4.69, 9.17) is 0 Å². The number of carbonyl (C=O) groups excluding carboxylic acids is 1. The van der Waals surface area contributed by atoms with Crippen LogP contribution in [0.5, 0.6) is 0 Å². The zero-order valence-electron chi connectivity index (χ0n) is 13.8. The SMILES string of the molecule is CCC(=O)N1CCCc2cc(NS(=O)(=O)c3ccc(F)cc3)ccc21. The maximum Gasteiger partial charge on any atom is 0.261 e. The standard InChI is InChI=1S/C18H19FN2O3S/c1-2-18(22)21-11-3-4-13-12-15(7-10-17(13)21)20-25(23,24)16-8-5-14(19)6-9-16/h5-10,12,20H,2-4,11H2,1H3. The van der Waals surface area contributed by atoms with Gasteiger partial charge in [0, 0.05) is 24.3 Å². The Labute approximate surface area is 146 Å². The van der Waals surface area contributed by atoms with Crippen LogP contribution in [-0.2, 0) is 21.2 Å². The first-order valence-electron chi connectivity index (χ1n) is 8.12. The molecule has 1 heterocycles. The molecule has 5 nitrogen and oxygen atoms in total. The molecule has 0 spiro atoms. The van der Waals surface area contributed by atoms with E-state index in [2.05, 4.69) is 4.72 Å². The fourth-order valence-electron chi connectivity index (χ4n) is 2.94. The summed E-state index contributed by atoms with van der Waals surface area (Å²) in [4.78, 5) is 13.8. The number of sulfonamides is 1. The van der Waals surface area contributed by atoms with Crippen molar-refractivity contribution in [2.75, 3.05) is 16.2 Å². The van der Waals surface area contributed by atoms with Crippen LogP contribution in [0.4, 0.5) is 15.8 Å². The molecular formula is C18H19FN2O3S. The van der Waals surface area contributed by atoms with Crippen molar-refractivity contribution in [2.45, 2.75) is 31.1 Å². The van der Waals surface area contributed by atoms with Gasteiger partial charge in [-0.15, -0.1) is 0 Å². The summed E-state index contributed by atoms with van der Waals surface area (Å²) in [7, 11) is -3.79. The van der Waals surface area contributed by atoms with E-state index in [0.717, 1.165) is 36.2 Å². The summed E-state index contributed by atoms with van der Waals surface area (Å²) in [6.45, 7) is 2.50. The largest absolute Gasteiger partial charge is 0.312 e. The van der Waals surface area contributed by atoms with Gasteiger partial charge in [-0.25, -0.2) is 12.8 Å². The van der Waals surface area contributed by atoms with Crippen molar-refractivity contribution in [3.63, 3.8) is 0 Å². The van der Waals surface area contributed by atoms with E-state index in [1.165, 1.54) is 12.1 Å². The van der Waals surface area contributed by atoms with Gasteiger partial charge in [-0.1, -0.05) is 6.92 Å². The number of hydrogen-bond acceptors (Lipinski definition) is 3. The van der Waals surface area contributed by atoms with E-state index < -0.39 is 15.8 Å². The number of nitrogens with zero attached hydrogens (tertiary/aromatic N) is 1. The molecule has 2 aromatic rings. The minimum absolute atomic E-state index is 0.00518. The van der Waals surface area contributed by atoms with Crippen molar-refractivity contribution in [1.82, 2.24) is 0 Å². The van der Waals surface area contributed by atoms with Crippen LogP contribution in [0.1, 0.15) is 25.3 Å². The maximum absolute atomic E-state index is 13.0. The minimum atomic E-state index is -3.79. The zero-order chi connectivity index (χ0) is 18.0. The van der Waals surface area contributed by atoms with E-state index in [1.54, 1.807) is 23.1 Å². The Morgan fingerprint density at radius 2 is 1.92 bits per heavy atom. The molecule has 1 amide bonds.